The van der Waals surface area contributed by atoms with Gasteiger partial charge in [-0.25, -0.2) is 4.39 Å². The highest BCUT2D eigenvalue weighted by Crippen LogP contribution is 2.33. The Morgan fingerprint density at radius 1 is 1.46 bits per heavy atom. The number of aryl methyl sites for hydroxylation is 1. The van der Waals surface area contributed by atoms with Crippen molar-refractivity contribution >= 4 is 0 Å². The van der Waals surface area contributed by atoms with E-state index in [-0.39, 0.29) is 5.82 Å². The lowest BCUT2D eigenvalue weighted by molar-refractivity contribution is 0.531. The molecule has 0 N–H and O–H groups in total. The van der Waals surface area contributed by atoms with E-state index in [1.807, 2.05) is 6.07 Å². The second kappa shape index (κ2) is 3.49. The van der Waals surface area contributed by atoms with Crippen LogP contribution in [0.1, 0.15) is 43.2 Å². The van der Waals surface area contributed by atoms with E-state index in [4.69, 9.17) is 0 Å². The molecule has 13 heavy (non-hydrogen) atoms. The first-order chi connectivity index (χ1) is 6.31. The summed E-state index contributed by atoms with van der Waals surface area (Å²) in [4.78, 5) is 0. The number of hydrogen-bond acceptors (Lipinski definition) is 0. The molecule has 0 bridgehead atoms. The van der Waals surface area contributed by atoms with Crippen molar-refractivity contribution < 1.29 is 4.39 Å². The first-order valence-corrected chi connectivity index (χ1v) is 5.09. The van der Waals surface area contributed by atoms with Crippen LogP contribution in [0.15, 0.2) is 18.2 Å². The molecular formula is C12H15F. The lowest BCUT2D eigenvalue weighted by Gasteiger charge is -2.24. The maximum atomic E-state index is 13.0. The fourth-order valence-electron chi connectivity index (χ4n) is 2.29. The van der Waals surface area contributed by atoms with Gasteiger partial charge in [-0.1, -0.05) is 13.0 Å². The minimum atomic E-state index is -0.0842. The standard InChI is InChI=1S/C12H15F/c1-2-9-4-3-5-10-6-7-11(13)8-12(9)10/h6-9H,2-5H2,1H3/t9-/m0/s1. The first-order valence-electron chi connectivity index (χ1n) is 5.09. The zero-order valence-electron chi connectivity index (χ0n) is 8.02. The SMILES string of the molecule is CC[C@H]1CCCc2ccc(F)cc21. The quantitative estimate of drug-likeness (QED) is 0.615. The van der Waals surface area contributed by atoms with E-state index in [2.05, 4.69) is 6.92 Å². The number of benzene rings is 1. The number of hydrogen-bond donors (Lipinski definition) is 0. The maximum Gasteiger partial charge on any atom is 0.123 e. The van der Waals surface area contributed by atoms with Gasteiger partial charge in [-0.05, 0) is 54.9 Å². The van der Waals surface area contributed by atoms with E-state index < -0.39 is 0 Å². The molecule has 0 amide bonds. The molecule has 0 unspecified atom stereocenters. The van der Waals surface area contributed by atoms with Gasteiger partial charge in [0.2, 0.25) is 0 Å². The average Bonchev–Trinajstić information content (AvgIpc) is 2.17. The van der Waals surface area contributed by atoms with Crippen molar-refractivity contribution in [1.82, 2.24) is 0 Å². The van der Waals surface area contributed by atoms with E-state index >= 15 is 0 Å². The fraction of sp³-hybridized carbons (Fsp3) is 0.500. The van der Waals surface area contributed by atoms with Crippen molar-refractivity contribution in [3.63, 3.8) is 0 Å². The molecule has 0 radical (unpaired) electrons. The molecule has 1 aliphatic carbocycles. The van der Waals surface area contributed by atoms with Crippen LogP contribution in [0.3, 0.4) is 0 Å². The molecule has 0 saturated heterocycles. The van der Waals surface area contributed by atoms with E-state index in [1.54, 1.807) is 12.1 Å². The molecule has 0 saturated carbocycles. The Bertz CT molecular complexity index is 304. The Labute approximate surface area is 78.8 Å². The zero-order valence-corrected chi connectivity index (χ0v) is 8.02. The molecule has 2 rings (SSSR count). The van der Waals surface area contributed by atoms with Crippen molar-refractivity contribution in [2.45, 2.75) is 38.5 Å². The summed E-state index contributed by atoms with van der Waals surface area (Å²) < 4.78 is 13.0. The Balaban J connectivity index is 2.41. The highest BCUT2D eigenvalue weighted by molar-refractivity contribution is 5.33. The minimum Gasteiger partial charge on any atom is -0.207 e. The van der Waals surface area contributed by atoms with E-state index in [0.29, 0.717) is 5.92 Å². The van der Waals surface area contributed by atoms with Gasteiger partial charge in [0.15, 0.2) is 0 Å². The second-order valence-electron chi connectivity index (χ2n) is 3.84. The summed E-state index contributed by atoms with van der Waals surface area (Å²) in [5.41, 5.74) is 2.62. The summed E-state index contributed by atoms with van der Waals surface area (Å²) in [6, 6.07) is 5.26. The molecule has 0 aliphatic heterocycles. The predicted molar refractivity (Wildman–Crippen MR) is 52.4 cm³/mol. The Kier molecular flexibility index (Phi) is 2.34. The molecule has 70 valence electrons. The van der Waals surface area contributed by atoms with Crippen LogP contribution in [-0.4, -0.2) is 0 Å². The molecule has 1 atom stereocenters. The van der Waals surface area contributed by atoms with Crippen molar-refractivity contribution in [2.24, 2.45) is 0 Å². The smallest absolute Gasteiger partial charge is 0.123 e. The van der Waals surface area contributed by atoms with Crippen molar-refractivity contribution in [3.05, 3.63) is 35.1 Å². The summed E-state index contributed by atoms with van der Waals surface area (Å²) in [6.45, 7) is 2.19. The summed E-state index contributed by atoms with van der Waals surface area (Å²) in [5, 5.41) is 0. The number of rotatable bonds is 1. The summed E-state index contributed by atoms with van der Waals surface area (Å²) in [5.74, 6) is 0.513. The molecule has 0 aromatic heterocycles. The van der Waals surface area contributed by atoms with Gasteiger partial charge < -0.3 is 0 Å². The highest BCUT2D eigenvalue weighted by Gasteiger charge is 2.18. The normalized spacial score (nSPS) is 21.2. The van der Waals surface area contributed by atoms with Crippen molar-refractivity contribution in [2.75, 3.05) is 0 Å². The molecule has 0 spiro atoms. The third-order valence-corrected chi connectivity index (χ3v) is 3.04. The molecule has 1 aliphatic rings. The van der Waals surface area contributed by atoms with Crippen molar-refractivity contribution in [3.8, 4) is 0 Å². The monoisotopic (exact) mass is 178 g/mol. The Morgan fingerprint density at radius 3 is 3.08 bits per heavy atom. The first kappa shape index (κ1) is 8.74. The number of halogens is 1. The molecular weight excluding hydrogens is 163 g/mol. The van der Waals surface area contributed by atoms with Gasteiger partial charge in [-0.3, -0.25) is 0 Å². The highest BCUT2D eigenvalue weighted by atomic mass is 19.1. The van der Waals surface area contributed by atoms with E-state index in [1.165, 1.54) is 24.0 Å². The van der Waals surface area contributed by atoms with E-state index in [9.17, 15) is 4.39 Å². The third kappa shape index (κ3) is 1.60. The second-order valence-corrected chi connectivity index (χ2v) is 3.84. The molecule has 1 aromatic carbocycles. The topological polar surface area (TPSA) is 0 Å². The van der Waals surface area contributed by atoms with Crippen LogP contribution in [0.2, 0.25) is 0 Å². The Hall–Kier alpha value is -0.850. The zero-order chi connectivity index (χ0) is 9.26. The average molecular weight is 178 g/mol. The molecule has 1 aromatic rings. The van der Waals surface area contributed by atoms with Crippen LogP contribution >= 0.6 is 0 Å². The van der Waals surface area contributed by atoms with Gasteiger partial charge in [0.25, 0.3) is 0 Å². The van der Waals surface area contributed by atoms with Crippen molar-refractivity contribution in [1.29, 1.82) is 0 Å². The van der Waals surface area contributed by atoms with Crippen LogP contribution < -0.4 is 0 Å². The number of fused-ring (bicyclic) bond motifs is 1. The lowest BCUT2D eigenvalue weighted by Crippen LogP contribution is -2.09. The van der Waals surface area contributed by atoms with Gasteiger partial charge in [-0.15, -0.1) is 0 Å². The summed E-state index contributed by atoms with van der Waals surface area (Å²) >= 11 is 0. The molecule has 0 fully saturated rings. The summed E-state index contributed by atoms with van der Waals surface area (Å²) in [6.07, 6.45) is 4.76. The van der Waals surface area contributed by atoms with Gasteiger partial charge in [0.1, 0.15) is 5.82 Å². The molecule has 1 heteroatoms. The Morgan fingerprint density at radius 2 is 2.31 bits per heavy atom. The summed E-state index contributed by atoms with van der Waals surface area (Å²) in [7, 11) is 0. The van der Waals surface area contributed by atoms with Gasteiger partial charge >= 0.3 is 0 Å². The van der Waals surface area contributed by atoms with Gasteiger partial charge in [-0.2, -0.15) is 0 Å². The van der Waals surface area contributed by atoms with Crippen LogP contribution in [0, 0.1) is 5.82 Å². The molecule has 0 heterocycles. The van der Waals surface area contributed by atoms with Crippen LogP contribution in [0.4, 0.5) is 4.39 Å². The maximum absolute atomic E-state index is 13.0. The van der Waals surface area contributed by atoms with Gasteiger partial charge in [0.05, 0.1) is 0 Å². The minimum absolute atomic E-state index is 0.0842. The predicted octanol–water partition coefficient (Wildman–Crippen LogP) is 3.66. The van der Waals surface area contributed by atoms with E-state index in [0.717, 1.165) is 12.8 Å². The fourth-order valence-corrected chi connectivity index (χ4v) is 2.29. The molecule has 0 nitrogen and oxygen atoms in total. The van der Waals surface area contributed by atoms with Crippen LogP contribution in [0.5, 0.6) is 0 Å². The third-order valence-electron chi connectivity index (χ3n) is 3.04. The van der Waals surface area contributed by atoms with Gasteiger partial charge in [0, 0.05) is 0 Å². The lowest BCUT2D eigenvalue weighted by atomic mass is 9.81. The van der Waals surface area contributed by atoms with Crippen LogP contribution in [0.25, 0.3) is 0 Å². The van der Waals surface area contributed by atoms with Crippen LogP contribution in [-0.2, 0) is 6.42 Å². The largest absolute Gasteiger partial charge is 0.207 e.